The smallest absolute Gasteiger partial charge is 0.289 e. The van der Waals surface area contributed by atoms with Crippen LogP contribution in [-0.4, -0.2) is 15.7 Å². The number of aromatic nitrogens is 2. The number of nitrogens with zero attached hydrogens (tertiary/aromatic N) is 3. The summed E-state index contributed by atoms with van der Waals surface area (Å²) < 4.78 is 7.21. The Morgan fingerprint density at radius 3 is 2.23 bits per heavy atom. The molecule has 0 atom stereocenters. The van der Waals surface area contributed by atoms with Crippen molar-refractivity contribution < 1.29 is 9.53 Å². The Hall–Kier alpha value is -3.65. The Bertz CT molecular complexity index is 1140. The fourth-order valence-electron chi connectivity index (χ4n) is 3.51. The molecule has 1 aromatic heterocycles. The molecule has 3 rings (SSSR count). The summed E-state index contributed by atoms with van der Waals surface area (Å²) in [6.07, 6.45) is 1.57. The van der Waals surface area contributed by atoms with Crippen molar-refractivity contribution in [3.63, 3.8) is 0 Å². The highest BCUT2D eigenvalue weighted by Gasteiger charge is 2.15. The average molecular weight is 399 g/mol. The first-order valence-corrected chi connectivity index (χ1v) is 9.78. The lowest BCUT2D eigenvalue weighted by molar-refractivity contribution is 0.0943. The predicted molar refractivity (Wildman–Crippen MR) is 117 cm³/mol. The van der Waals surface area contributed by atoms with Crippen LogP contribution in [-0.2, 0) is 6.61 Å². The van der Waals surface area contributed by atoms with Crippen LogP contribution in [0.2, 0.25) is 0 Å². The molecule has 0 aliphatic heterocycles. The van der Waals surface area contributed by atoms with Crippen molar-refractivity contribution in [3.8, 4) is 11.8 Å². The van der Waals surface area contributed by atoms with Crippen molar-refractivity contribution in [2.24, 2.45) is 0 Å². The van der Waals surface area contributed by atoms with E-state index >= 15 is 0 Å². The predicted octanol–water partition coefficient (Wildman–Crippen LogP) is 5.25. The van der Waals surface area contributed by atoms with Gasteiger partial charge in [0, 0.05) is 5.69 Å². The molecular formula is C25H25N3O2. The van der Waals surface area contributed by atoms with Crippen LogP contribution in [0.15, 0.2) is 48.0 Å². The third-order valence-electron chi connectivity index (χ3n) is 4.97. The summed E-state index contributed by atoms with van der Waals surface area (Å²) in [5.74, 6) is 0.295. The molecule has 30 heavy (non-hydrogen) atoms. The molecule has 3 aromatic rings. The van der Waals surface area contributed by atoms with Crippen LogP contribution in [0.4, 0.5) is 0 Å². The van der Waals surface area contributed by atoms with E-state index in [1.807, 2.05) is 37.3 Å². The monoisotopic (exact) mass is 399 g/mol. The Morgan fingerprint density at radius 2 is 1.70 bits per heavy atom. The third kappa shape index (κ3) is 4.66. The highest BCUT2D eigenvalue weighted by Crippen LogP contribution is 2.21. The van der Waals surface area contributed by atoms with E-state index in [9.17, 15) is 10.1 Å². The lowest BCUT2D eigenvalue weighted by atomic mass is 10.0. The van der Waals surface area contributed by atoms with Gasteiger partial charge < -0.3 is 4.74 Å². The second kappa shape index (κ2) is 8.79. The van der Waals surface area contributed by atoms with Gasteiger partial charge in [-0.2, -0.15) is 10.4 Å². The molecule has 0 radical (unpaired) electrons. The zero-order valence-electron chi connectivity index (χ0n) is 18.0. The SMILES string of the molecule is Cc1cc(C)c(COc2ccc(/C=C(\C#N)C(=O)n3nc(C)cc3C)cc2)c(C)c1. The molecule has 1 heterocycles. The molecule has 5 nitrogen and oxygen atoms in total. The Morgan fingerprint density at radius 1 is 1.07 bits per heavy atom. The maximum Gasteiger partial charge on any atom is 0.289 e. The number of carbonyl (C=O) groups excluding carboxylic acids is 1. The third-order valence-corrected chi connectivity index (χ3v) is 4.97. The zero-order valence-corrected chi connectivity index (χ0v) is 18.0. The molecular weight excluding hydrogens is 374 g/mol. The largest absolute Gasteiger partial charge is 0.489 e. The number of ether oxygens (including phenoxy) is 1. The van der Waals surface area contributed by atoms with Gasteiger partial charge in [0.2, 0.25) is 0 Å². The van der Waals surface area contributed by atoms with E-state index in [1.165, 1.54) is 26.9 Å². The van der Waals surface area contributed by atoms with Crippen LogP contribution in [0.3, 0.4) is 0 Å². The molecule has 0 saturated heterocycles. The second-order valence-electron chi connectivity index (χ2n) is 7.55. The van der Waals surface area contributed by atoms with Crippen LogP contribution >= 0.6 is 0 Å². The average Bonchev–Trinajstić information content (AvgIpc) is 3.03. The number of carbonyl (C=O) groups is 1. The van der Waals surface area contributed by atoms with Gasteiger partial charge in [0.15, 0.2) is 0 Å². The Kier molecular flexibility index (Phi) is 6.17. The molecule has 0 saturated carbocycles. The number of rotatable bonds is 5. The first-order valence-electron chi connectivity index (χ1n) is 9.78. The van der Waals surface area contributed by atoms with Gasteiger partial charge in [0.05, 0.1) is 5.69 Å². The normalized spacial score (nSPS) is 11.3. The molecule has 0 unspecified atom stereocenters. The van der Waals surface area contributed by atoms with Crippen molar-refractivity contribution in [1.29, 1.82) is 5.26 Å². The van der Waals surface area contributed by atoms with Crippen LogP contribution in [0.5, 0.6) is 5.75 Å². The maximum absolute atomic E-state index is 12.6. The topological polar surface area (TPSA) is 67.9 Å². The van der Waals surface area contributed by atoms with E-state index in [4.69, 9.17) is 4.74 Å². The summed E-state index contributed by atoms with van der Waals surface area (Å²) in [4.78, 5) is 12.6. The van der Waals surface area contributed by atoms with Crippen molar-refractivity contribution >= 4 is 12.0 Å². The zero-order chi connectivity index (χ0) is 21.8. The van der Waals surface area contributed by atoms with E-state index in [2.05, 4.69) is 38.0 Å². The fraction of sp³-hybridized carbons (Fsp3) is 0.240. The summed E-state index contributed by atoms with van der Waals surface area (Å²) in [6, 6.07) is 15.4. The Labute approximate surface area is 177 Å². The molecule has 152 valence electrons. The molecule has 0 fully saturated rings. The maximum atomic E-state index is 12.6. The van der Waals surface area contributed by atoms with E-state index in [0.29, 0.717) is 12.3 Å². The molecule has 0 spiro atoms. The van der Waals surface area contributed by atoms with E-state index < -0.39 is 5.91 Å². The first kappa shape index (κ1) is 21.1. The first-order chi connectivity index (χ1) is 14.3. The van der Waals surface area contributed by atoms with Gasteiger partial charge in [0.25, 0.3) is 5.91 Å². The van der Waals surface area contributed by atoms with E-state index in [0.717, 1.165) is 17.0 Å². The minimum absolute atomic E-state index is 0.0285. The lowest BCUT2D eigenvalue weighted by Gasteiger charge is -2.13. The molecule has 0 amide bonds. The standard InChI is InChI=1S/C25H25N3O2/c1-16-10-17(2)24(18(3)11-16)15-30-23-8-6-21(7-9-23)13-22(14-26)25(29)28-20(5)12-19(4)27-28/h6-13H,15H2,1-5H3/b22-13+. The molecule has 0 bridgehead atoms. The summed E-state index contributed by atoms with van der Waals surface area (Å²) in [6.45, 7) is 10.4. The second-order valence-corrected chi connectivity index (χ2v) is 7.55. The molecule has 5 heteroatoms. The summed E-state index contributed by atoms with van der Waals surface area (Å²) >= 11 is 0. The van der Waals surface area contributed by atoms with Crippen molar-refractivity contribution in [2.45, 2.75) is 41.2 Å². The van der Waals surface area contributed by atoms with Crippen molar-refractivity contribution in [1.82, 2.24) is 9.78 Å². The van der Waals surface area contributed by atoms with Gasteiger partial charge in [-0.1, -0.05) is 29.8 Å². The molecule has 0 N–H and O–H groups in total. The molecule has 0 aliphatic carbocycles. The fourth-order valence-corrected chi connectivity index (χ4v) is 3.51. The summed E-state index contributed by atoms with van der Waals surface area (Å²) in [5, 5.41) is 13.6. The van der Waals surface area contributed by atoms with Gasteiger partial charge in [-0.3, -0.25) is 4.79 Å². The quantitative estimate of drug-likeness (QED) is 0.434. The molecule has 0 aliphatic rings. The van der Waals surface area contributed by atoms with Crippen LogP contribution < -0.4 is 4.74 Å². The van der Waals surface area contributed by atoms with Crippen LogP contribution in [0.25, 0.3) is 6.08 Å². The van der Waals surface area contributed by atoms with Crippen LogP contribution in [0, 0.1) is 45.9 Å². The summed E-state index contributed by atoms with van der Waals surface area (Å²) in [5.41, 5.74) is 7.07. The van der Waals surface area contributed by atoms with Gasteiger partial charge in [-0.05, 0) is 81.1 Å². The minimum Gasteiger partial charge on any atom is -0.489 e. The van der Waals surface area contributed by atoms with Gasteiger partial charge >= 0.3 is 0 Å². The highest BCUT2D eigenvalue weighted by atomic mass is 16.5. The van der Waals surface area contributed by atoms with Gasteiger partial charge in [0.1, 0.15) is 24.0 Å². The number of benzene rings is 2. The highest BCUT2D eigenvalue weighted by molar-refractivity contribution is 6.03. The number of hydrogen-bond donors (Lipinski definition) is 0. The van der Waals surface area contributed by atoms with Gasteiger partial charge in [-0.15, -0.1) is 0 Å². The van der Waals surface area contributed by atoms with Gasteiger partial charge in [-0.25, -0.2) is 4.68 Å². The number of allylic oxidation sites excluding steroid dienone is 1. The Balaban J connectivity index is 1.74. The summed E-state index contributed by atoms with van der Waals surface area (Å²) in [7, 11) is 0. The number of hydrogen-bond acceptors (Lipinski definition) is 4. The van der Waals surface area contributed by atoms with Crippen LogP contribution in [0.1, 0.15) is 44.0 Å². The van der Waals surface area contributed by atoms with Crippen molar-refractivity contribution in [3.05, 3.63) is 87.2 Å². The minimum atomic E-state index is -0.436. The van der Waals surface area contributed by atoms with E-state index in [-0.39, 0.29) is 5.57 Å². The van der Waals surface area contributed by atoms with E-state index in [1.54, 1.807) is 19.1 Å². The van der Waals surface area contributed by atoms with Crippen molar-refractivity contribution in [2.75, 3.05) is 0 Å². The lowest BCUT2D eigenvalue weighted by Crippen LogP contribution is -2.15. The number of nitriles is 1. The number of aryl methyl sites for hydroxylation is 5. The molecule has 2 aromatic carbocycles.